The molecule has 0 radical (unpaired) electrons. The molecule has 0 aliphatic carbocycles. The number of halogens is 2. The van der Waals surface area contributed by atoms with Crippen LogP contribution in [0.2, 0.25) is 10.0 Å². The first kappa shape index (κ1) is 18.1. The fourth-order valence-electron chi connectivity index (χ4n) is 1.88. The third-order valence-corrected chi connectivity index (χ3v) is 3.64. The molecule has 0 saturated carbocycles. The number of hydrogen-bond acceptors (Lipinski definition) is 5. The van der Waals surface area contributed by atoms with Crippen LogP contribution in [0.3, 0.4) is 0 Å². The summed E-state index contributed by atoms with van der Waals surface area (Å²) in [6.07, 6.45) is 0. The molecule has 126 valence electrons. The monoisotopic (exact) mass is 369 g/mol. The first-order valence-corrected chi connectivity index (χ1v) is 7.49. The Morgan fingerprint density at radius 2 is 1.79 bits per heavy atom. The largest absolute Gasteiger partial charge is 0.478 e. The van der Waals surface area contributed by atoms with E-state index >= 15 is 0 Å². The van der Waals surface area contributed by atoms with Gasteiger partial charge in [0.2, 0.25) is 6.79 Å². The molecule has 0 saturated heterocycles. The molecule has 24 heavy (non-hydrogen) atoms. The van der Waals surface area contributed by atoms with Crippen LogP contribution in [0.4, 0.5) is 0 Å². The second kappa shape index (κ2) is 8.01. The van der Waals surface area contributed by atoms with Crippen LogP contribution in [0.25, 0.3) is 0 Å². The van der Waals surface area contributed by atoms with Crippen LogP contribution in [0.5, 0.6) is 5.75 Å². The van der Waals surface area contributed by atoms with Gasteiger partial charge in [0.15, 0.2) is 0 Å². The van der Waals surface area contributed by atoms with E-state index in [4.69, 9.17) is 43.5 Å². The molecule has 0 aliphatic heterocycles. The lowest BCUT2D eigenvalue weighted by atomic mass is 10.1. The van der Waals surface area contributed by atoms with Crippen LogP contribution in [0, 0.1) is 0 Å². The number of benzene rings is 2. The summed E-state index contributed by atoms with van der Waals surface area (Å²) >= 11 is 11.8. The molecular formula is C16H13Cl2NO5. The molecule has 0 fully saturated rings. The number of hydrogen-bond donors (Lipinski definition) is 2. The van der Waals surface area contributed by atoms with Gasteiger partial charge in [-0.1, -0.05) is 35.3 Å². The summed E-state index contributed by atoms with van der Waals surface area (Å²) in [7, 11) is 0. The van der Waals surface area contributed by atoms with Crippen molar-refractivity contribution in [2.75, 3.05) is 6.79 Å². The zero-order valence-corrected chi connectivity index (χ0v) is 13.8. The van der Waals surface area contributed by atoms with E-state index in [-0.39, 0.29) is 28.0 Å². The standard InChI is InChI=1S/C16H13Cl2NO5/c17-12-5-10(15(20)21)6-13(18)14(12)16(22)24-8-23-11-3-1-2-9(4-11)7-19/h1-6H,7-8,19H2,(H,20,21). The number of esters is 1. The third kappa shape index (κ3) is 4.38. The topological polar surface area (TPSA) is 98.9 Å². The fraction of sp³-hybridized carbons (Fsp3) is 0.125. The number of carbonyl (C=O) groups is 2. The minimum Gasteiger partial charge on any atom is -0.478 e. The van der Waals surface area contributed by atoms with Gasteiger partial charge in [-0.3, -0.25) is 0 Å². The summed E-state index contributed by atoms with van der Waals surface area (Å²) < 4.78 is 10.3. The Morgan fingerprint density at radius 1 is 1.12 bits per heavy atom. The number of aromatic carboxylic acids is 1. The predicted octanol–water partition coefficient (Wildman–Crippen LogP) is 3.34. The van der Waals surface area contributed by atoms with Crippen molar-refractivity contribution in [3.05, 3.63) is 63.1 Å². The van der Waals surface area contributed by atoms with Crippen LogP contribution in [-0.2, 0) is 11.3 Å². The highest BCUT2D eigenvalue weighted by molar-refractivity contribution is 6.39. The Bertz CT molecular complexity index is 756. The maximum atomic E-state index is 12.0. The number of ether oxygens (including phenoxy) is 2. The molecule has 2 aromatic rings. The van der Waals surface area contributed by atoms with E-state index in [1.54, 1.807) is 18.2 Å². The van der Waals surface area contributed by atoms with Gasteiger partial charge in [0, 0.05) is 6.54 Å². The predicted molar refractivity (Wildman–Crippen MR) is 88.7 cm³/mol. The number of nitrogens with two attached hydrogens (primary N) is 1. The summed E-state index contributed by atoms with van der Waals surface area (Å²) in [6, 6.07) is 9.25. The first-order chi connectivity index (χ1) is 11.4. The highest BCUT2D eigenvalue weighted by atomic mass is 35.5. The van der Waals surface area contributed by atoms with Crippen LogP contribution in [0.1, 0.15) is 26.3 Å². The Balaban J connectivity index is 2.03. The van der Waals surface area contributed by atoms with E-state index in [1.165, 1.54) is 0 Å². The minimum atomic E-state index is -1.21. The number of carbonyl (C=O) groups excluding carboxylic acids is 1. The maximum absolute atomic E-state index is 12.0. The third-order valence-electron chi connectivity index (χ3n) is 3.04. The van der Waals surface area contributed by atoms with Crippen LogP contribution >= 0.6 is 23.2 Å². The Kier molecular flexibility index (Phi) is 6.03. The zero-order chi connectivity index (χ0) is 17.7. The molecule has 2 aromatic carbocycles. The van der Waals surface area contributed by atoms with Gasteiger partial charge in [0.25, 0.3) is 0 Å². The van der Waals surface area contributed by atoms with E-state index in [0.29, 0.717) is 12.3 Å². The van der Waals surface area contributed by atoms with E-state index in [1.807, 2.05) is 6.07 Å². The van der Waals surface area contributed by atoms with E-state index in [9.17, 15) is 9.59 Å². The Hall–Kier alpha value is -2.28. The summed E-state index contributed by atoms with van der Waals surface area (Å²) in [5.74, 6) is -1.54. The molecule has 0 aromatic heterocycles. The zero-order valence-electron chi connectivity index (χ0n) is 12.3. The molecule has 0 bridgehead atoms. The Morgan fingerprint density at radius 3 is 2.38 bits per heavy atom. The van der Waals surface area contributed by atoms with Gasteiger partial charge in [0.1, 0.15) is 5.75 Å². The van der Waals surface area contributed by atoms with Crippen molar-refractivity contribution in [2.24, 2.45) is 5.73 Å². The van der Waals surface area contributed by atoms with Crippen molar-refractivity contribution in [2.45, 2.75) is 6.54 Å². The first-order valence-electron chi connectivity index (χ1n) is 6.73. The van der Waals surface area contributed by atoms with Gasteiger partial charge in [-0.05, 0) is 29.8 Å². The molecule has 0 amide bonds. The quantitative estimate of drug-likeness (QED) is 0.598. The number of rotatable bonds is 6. The molecule has 0 unspecified atom stereocenters. The van der Waals surface area contributed by atoms with Crippen LogP contribution in [0.15, 0.2) is 36.4 Å². The maximum Gasteiger partial charge on any atom is 0.344 e. The summed E-state index contributed by atoms with van der Waals surface area (Å²) in [5.41, 5.74) is 6.15. The van der Waals surface area contributed by atoms with Crippen LogP contribution in [-0.4, -0.2) is 23.8 Å². The second-order valence-electron chi connectivity index (χ2n) is 4.67. The highest BCUT2D eigenvalue weighted by Crippen LogP contribution is 2.27. The summed E-state index contributed by atoms with van der Waals surface area (Å²) in [5, 5.41) is 8.68. The fourth-order valence-corrected chi connectivity index (χ4v) is 2.52. The van der Waals surface area contributed by atoms with Crippen molar-refractivity contribution in [3.8, 4) is 5.75 Å². The van der Waals surface area contributed by atoms with Crippen LogP contribution < -0.4 is 10.5 Å². The number of carboxylic acid groups (broad SMARTS) is 1. The van der Waals surface area contributed by atoms with Crippen molar-refractivity contribution < 1.29 is 24.2 Å². The minimum absolute atomic E-state index is 0.116. The molecule has 0 atom stereocenters. The molecular weight excluding hydrogens is 357 g/mol. The van der Waals surface area contributed by atoms with Crippen molar-refractivity contribution >= 4 is 35.1 Å². The van der Waals surface area contributed by atoms with E-state index in [0.717, 1.165) is 17.7 Å². The second-order valence-corrected chi connectivity index (χ2v) is 5.48. The lowest BCUT2D eigenvalue weighted by Crippen LogP contribution is -2.12. The average Bonchev–Trinajstić information content (AvgIpc) is 2.54. The van der Waals surface area contributed by atoms with Gasteiger partial charge in [0.05, 0.1) is 21.2 Å². The average molecular weight is 370 g/mol. The Labute approximate surface area is 147 Å². The molecule has 2 rings (SSSR count). The van der Waals surface area contributed by atoms with Crippen molar-refractivity contribution in [1.82, 2.24) is 0 Å². The molecule has 0 heterocycles. The molecule has 0 aliphatic rings. The van der Waals surface area contributed by atoms with Gasteiger partial charge in [-0.2, -0.15) is 0 Å². The molecule has 3 N–H and O–H groups in total. The lowest BCUT2D eigenvalue weighted by molar-refractivity contribution is 0.0154. The molecule has 0 spiro atoms. The SMILES string of the molecule is NCc1cccc(OCOC(=O)c2c(Cl)cc(C(=O)O)cc2Cl)c1. The van der Waals surface area contributed by atoms with E-state index < -0.39 is 11.9 Å². The van der Waals surface area contributed by atoms with E-state index in [2.05, 4.69) is 0 Å². The smallest absolute Gasteiger partial charge is 0.344 e. The van der Waals surface area contributed by atoms with Crippen molar-refractivity contribution in [3.63, 3.8) is 0 Å². The van der Waals surface area contributed by atoms with Gasteiger partial charge in [-0.15, -0.1) is 0 Å². The van der Waals surface area contributed by atoms with Gasteiger partial charge >= 0.3 is 11.9 Å². The highest BCUT2D eigenvalue weighted by Gasteiger charge is 2.19. The summed E-state index contributed by atoms with van der Waals surface area (Å²) in [6.45, 7) is -0.00166. The molecule has 6 nitrogen and oxygen atoms in total. The van der Waals surface area contributed by atoms with Crippen molar-refractivity contribution in [1.29, 1.82) is 0 Å². The summed E-state index contributed by atoms with van der Waals surface area (Å²) in [4.78, 5) is 22.9. The van der Waals surface area contributed by atoms with Gasteiger partial charge < -0.3 is 20.3 Å². The van der Waals surface area contributed by atoms with Gasteiger partial charge in [-0.25, -0.2) is 9.59 Å². The lowest BCUT2D eigenvalue weighted by Gasteiger charge is -2.10. The number of carboxylic acids is 1. The molecule has 8 heteroatoms. The normalized spacial score (nSPS) is 10.3.